The van der Waals surface area contributed by atoms with Gasteiger partial charge in [0.2, 0.25) is 5.91 Å². The first kappa shape index (κ1) is 22.5. The van der Waals surface area contributed by atoms with Gasteiger partial charge in [-0.15, -0.1) is 0 Å². The third-order valence-corrected chi connectivity index (χ3v) is 5.60. The van der Waals surface area contributed by atoms with E-state index in [-0.39, 0.29) is 17.6 Å². The van der Waals surface area contributed by atoms with E-state index in [4.69, 9.17) is 10.5 Å². The maximum absolute atomic E-state index is 13.5. The normalized spacial score (nSPS) is 16.4. The summed E-state index contributed by atoms with van der Waals surface area (Å²) in [5, 5.41) is 6.72. The van der Waals surface area contributed by atoms with Gasteiger partial charge in [0.15, 0.2) is 0 Å². The summed E-state index contributed by atoms with van der Waals surface area (Å²) in [5.74, 6) is 0.276. The average molecular weight is 451 g/mol. The van der Waals surface area contributed by atoms with Gasteiger partial charge in [-0.2, -0.15) is 0 Å². The number of anilines is 4. The van der Waals surface area contributed by atoms with Gasteiger partial charge in [-0.3, -0.25) is 9.69 Å². The fourth-order valence-corrected chi connectivity index (χ4v) is 3.87. The molecule has 1 aromatic heterocycles. The number of hydrogen-bond acceptors (Lipinski definition) is 7. The predicted octanol–water partition coefficient (Wildman–Crippen LogP) is 4.08. The van der Waals surface area contributed by atoms with Crippen LogP contribution in [0.4, 0.5) is 27.3 Å². The Morgan fingerprint density at radius 3 is 2.91 bits per heavy atom. The molecule has 1 aliphatic rings. The zero-order valence-corrected chi connectivity index (χ0v) is 18.6. The third kappa shape index (κ3) is 5.20. The van der Waals surface area contributed by atoms with Crippen LogP contribution >= 0.6 is 0 Å². The van der Waals surface area contributed by atoms with Crippen LogP contribution in [0.25, 0.3) is 10.9 Å². The number of likely N-dealkylation sites (N-methyl/N-ethyl adjacent to an activating group) is 1. The summed E-state index contributed by atoms with van der Waals surface area (Å²) in [7, 11) is 2.06. The van der Waals surface area contributed by atoms with Crippen LogP contribution in [-0.4, -0.2) is 47.0 Å². The first-order valence-corrected chi connectivity index (χ1v) is 10.9. The summed E-state index contributed by atoms with van der Waals surface area (Å²) in [6.07, 6.45) is 7.09. The highest BCUT2D eigenvalue weighted by atomic mass is 19.1. The van der Waals surface area contributed by atoms with E-state index in [1.54, 1.807) is 24.3 Å². The number of nitrogens with two attached hydrogens (primary N) is 1. The maximum Gasteiger partial charge on any atom is 0.248 e. The topological polar surface area (TPSA) is 105 Å². The van der Waals surface area contributed by atoms with Gasteiger partial charge >= 0.3 is 0 Å². The molecule has 0 saturated carbocycles. The number of rotatable bonds is 7. The molecule has 1 unspecified atom stereocenters. The van der Waals surface area contributed by atoms with E-state index < -0.39 is 5.82 Å². The SMILES string of the molecule is CCOc1cc2ncnc(Nc3ccc(F)c(N)c3)c2cc1NC(=O)C=CC1CCCN1C. The highest BCUT2D eigenvalue weighted by molar-refractivity contribution is 6.03. The lowest BCUT2D eigenvalue weighted by Gasteiger charge is -2.15. The molecule has 172 valence electrons. The first-order chi connectivity index (χ1) is 15.9. The number of amides is 1. The van der Waals surface area contributed by atoms with Crippen LogP contribution in [0.1, 0.15) is 19.8 Å². The van der Waals surface area contributed by atoms with Gasteiger partial charge in [0, 0.05) is 29.3 Å². The van der Waals surface area contributed by atoms with E-state index in [9.17, 15) is 9.18 Å². The molecule has 4 N–H and O–H groups in total. The number of nitrogen functional groups attached to an aromatic ring is 1. The Balaban J connectivity index is 1.63. The van der Waals surface area contributed by atoms with Crippen LogP contribution in [0.5, 0.6) is 5.75 Å². The molecule has 33 heavy (non-hydrogen) atoms. The molecule has 1 fully saturated rings. The summed E-state index contributed by atoms with van der Waals surface area (Å²) < 4.78 is 19.3. The molecule has 0 aliphatic carbocycles. The standard InChI is InChI=1S/C24H27FN6O2/c1-3-33-22-13-20-17(12-21(22)30-23(32)9-7-16-5-4-10-31(16)2)24(28-14-27-20)29-15-6-8-18(25)19(26)11-15/h6-9,11-14,16H,3-5,10,26H2,1-2H3,(H,30,32)(H,27,28,29). The third-order valence-electron chi connectivity index (χ3n) is 5.60. The van der Waals surface area contributed by atoms with Crippen molar-refractivity contribution in [1.29, 1.82) is 0 Å². The monoisotopic (exact) mass is 450 g/mol. The zero-order chi connectivity index (χ0) is 23.4. The van der Waals surface area contributed by atoms with Crippen molar-refractivity contribution in [3.8, 4) is 5.75 Å². The quantitative estimate of drug-likeness (QED) is 0.368. The second-order valence-electron chi connectivity index (χ2n) is 7.92. The van der Waals surface area contributed by atoms with E-state index >= 15 is 0 Å². The number of nitrogens with one attached hydrogen (secondary N) is 2. The van der Waals surface area contributed by atoms with Gasteiger partial charge < -0.3 is 21.1 Å². The maximum atomic E-state index is 13.5. The Bertz CT molecular complexity index is 1200. The highest BCUT2D eigenvalue weighted by Gasteiger charge is 2.18. The highest BCUT2D eigenvalue weighted by Crippen LogP contribution is 2.33. The van der Waals surface area contributed by atoms with Gasteiger partial charge in [0.1, 0.15) is 23.7 Å². The lowest BCUT2D eigenvalue weighted by molar-refractivity contribution is -0.111. The number of aromatic nitrogens is 2. The molecule has 4 rings (SSSR count). The van der Waals surface area contributed by atoms with Gasteiger partial charge in [0.25, 0.3) is 0 Å². The molecular weight excluding hydrogens is 423 g/mol. The smallest absolute Gasteiger partial charge is 0.248 e. The van der Waals surface area contributed by atoms with Crippen LogP contribution in [-0.2, 0) is 4.79 Å². The Labute approximate surface area is 191 Å². The lowest BCUT2D eigenvalue weighted by Crippen LogP contribution is -2.23. The van der Waals surface area contributed by atoms with Crippen LogP contribution in [0.3, 0.4) is 0 Å². The number of nitrogens with zero attached hydrogens (tertiary/aromatic N) is 3. The summed E-state index contributed by atoms with van der Waals surface area (Å²) in [5.41, 5.74) is 7.43. The molecule has 3 aromatic rings. The Hall–Kier alpha value is -3.72. The van der Waals surface area contributed by atoms with Gasteiger partial charge in [-0.1, -0.05) is 6.08 Å². The van der Waals surface area contributed by atoms with E-state index in [2.05, 4.69) is 32.5 Å². The molecule has 1 atom stereocenters. The van der Waals surface area contributed by atoms with Crippen molar-refractivity contribution < 1.29 is 13.9 Å². The number of likely N-dealkylation sites (tertiary alicyclic amines) is 1. The largest absolute Gasteiger partial charge is 0.492 e. The van der Waals surface area contributed by atoms with E-state index in [0.717, 1.165) is 19.4 Å². The molecule has 1 saturated heterocycles. The molecule has 0 radical (unpaired) electrons. The Kier molecular flexibility index (Phi) is 6.69. The molecule has 0 spiro atoms. The van der Waals surface area contributed by atoms with E-state index in [0.29, 0.717) is 40.5 Å². The van der Waals surface area contributed by atoms with Gasteiger partial charge in [-0.25, -0.2) is 14.4 Å². The number of carbonyl (C=O) groups excluding carboxylic acids is 1. The number of halogens is 1. The summed E-state index contributed by atoms with van der Waals surface area (Å²) in [6.45, 7) is 3.34. The minimum atomic E-state index is -0.490. The molecule has 0 bridgehead atoms. The fourth-order valence-electron chi connectivity index (χ4n) is 3.87. The van der Waals surface area contributed by atoms with Crippen molar-refractivity contribution in [2.45, 2.75) is 25.8 Å². The second kappa shape index (κ2) is 9.83. The minimum absolute atomic E-state index is 0.0321. The molecule has 9 heteroatoms. The second-order valence-corrected chi connectivity index (χ2v) is 7.92. The minimum Gasteiger partial charge on any atom is -0.492 e. The van der Waals surface area contributed by atoms with E-state index in [1.807, 2.05) is 13.0 Å². The van der Waals surface area contributed by atoms with Crippen LogP contribution in [0, 0.1) is 5.82 Å². The van der Waals surface area contributed by atoms with Crippen molar-refractivity contribution in [3.05, 3.63) is 54.6 Å². The summed E-state index contributed by atoms with van der Waals surface area (Å²) in [6, 6.07) is 8.14. The number of carbonyl (C=O) groups is 1. The average Bonchev–Trinajstić information content (AvgIpc) is 3.20. The Morgan fingerprint density at radius 2 is 2.18 bits per heavy atom. The van der Waals surface area contributed by atoms with Gasteiger partial charge in [-0.05, 0) is 57.6 Å². The molecule has 8 nitrogen and oxygen atoms in total. The van der Waals surface area contributed by atoms with Gasteiger partial charge in [0.05, 0.1) is 23.5 Å². The fraction of sp³-hybridized carbons (Fsp3) is 0.292. The van der Waals surface area contributed by atoms with Crippen molar-refractivity contribution in [2.24, 2.45) is 0 Å². The van der Waals surface area contributed by atoms with Crippen LogP contribution < -0.4 is 21.1 Å². The molecule has 2 heterocycles. The number of ether oxygens (including phenoxy) is 1. The molecule has 1 aliphatic heterocycles. The van der Waals surface area contributed by atoms with Crippen LogP contribution in [0.15, 0.2) is 48.8 Å². The van der Waals surface area contributed by atoms with Crippen LogP contribution in [0.2, 0.25) is 0 Å². The summed E-state index contributed by atoms with van der Waals surface area (Å²) in [4.78, 5) is 23.5. The number of fused-ring (bicyclic) bond motifs is 1. The number of benzene rings is 2. The number of hydrogen-bond donors (Lipinski definition) is 3. The predicted molar refractivity (Wildman–Crippen MR) is 128 cm³/mol. The molecule has 2 aromatic carbocycles. The van der Waals surface area contributed by atoms with E-state index in [1.165, 1.54) is 18.5 Å². The molecule has 1 amide bonds. The first-order valence-electron chi connectivity index (χ1n) is 10.9. The van der Waals surface area contributed by atoms with Crippen molar-refractivity contribution in [2.75, 3.05) is 36.6 Å². The van der Waals surface area contributed by atoms with Crippen molar-refractivity contribution >= 4 is 39.7 Å². The van der Waals surface area contributed by atoms with Crippen molar-refractivity contribution in [1.82, 2.24) is 14.9 Å². The van der Waals surface area contributed by atoms with Crippen molar-refractivity contribution in [3.63, 3.8) is 0 Å². The molecular formula is C24H27FN6O2. The Morgan fingerprint density at radius 1 is 1.33 bits per heavy atom. The zero-order valence-electron chi connectivity index (χ0n) is 18.6. The lowest BCUT2D eigenvalue weighted by atomic mass is 10.1. The summed E-state index contributed by atoms with van der Waals surface area (Å²) >= 11 is 0.